The fraction of sp³-hybridized carbons (Fsp3) is 0.357. The topological polar surface area (TPSA) is 29.9 Å². The van der Waals surface area contributed by atoms with E-state index in [0.717, 1.165) is 10.7 Å². The Hall–Kier alpha value is -1.33. The fourth-order valence-electron chi connectivity index (χ4n) is 1.61. The molecule has 0 spiro atoms. The number of imidazole rings is 1. The SMILES string of the molecule is CC(C)NCc1ccc(Sc2nccn2C)c(F)c1. The molecular formula is C14H18FN3S. The molecule has 1 N–H and O–H groups in total. The summed E-state index contributed by atoms with van der Waals surface area (Å²) in [4.78, 5) is 4.78. The summed E-state index contributed by atoms with van der Waals surface area (Å²) in [5.74, 6) is -0.198. The average molecular weight is 279 g/mol. The zero-order valence-electron chi connectivity index (χ0n) is 11.4. The van der Waals surface area contributed by atoms with E-state index in [1.807, 2.05) is 29.9 Å². The molecular weight excluding hydrogens is 261 g/mol. The van der Waals surface area contributed by atoms with Gasteiger partial charge in [0.15, 0.2) is 5.16 Å². The van der Waals surface area contributed by atoms with Crippen molar-refractivity contribution < 1.29 is 4.39 Å². The van der Waals surface area contributed by atoms with Gasteiger partial charge in [-0.2, -0.15) is 0 Å². The monoisotopic (exact) mass is 279 g/mol. The number of halogens is 1. The minimum absolute atomic E-state index is 0.198. The Morgan fingerprint density at radius 2 is 2.21 bits per heavy atom. The van der Waals surface area contributed by atoms with Crippen molar-refractivity contribution in [3.63, 3.8) is 0 Å². The summed E-state index contributed by atoms with van der Waals surface area (Å²) in [5.41, 5.74) is 0.954. The van der Waals surface area contributed by atoms with Gasteiger partial charge in [0.05, 0.1) is 4.90 Å². The van der Waals surface area contributed by atoms with Crippen LogP contribution in [-0.4, -0.2) is 15.6 Å². The average Bonchev–Trinajstić information content (AvgIpc) is 2.75. The minimum Gasteiger partial charge on any atom is -0.329 e. The summed E-state index contributed by atoms with van der Waals surface area (Å²) in [6, 6.07) is 5.74. The first-order valence-corrected chi connectivity index (χ1v) is 7.05. The maximum absolute atomic E-state index is 14.0. The number of nitrogens with zero attached hydrogens (tertiary/aromatic N) is 2. The van der Waals surface area contributed by atoms with E-state index >= 15 is 0 Å². The molecule has 0 saturated carbocycles. The number of benzene rings is 1. The molecule has 0 aliphatic heterocycles. The second-order valence-electron chi connectivity index (χ2n) is 4.72. The first-order valence-electron chi connectivity index (χ1n) is 6.23. The molecule has 0 aliphatic rings. The van der Waals surface area contributed by atoms with E-state index in [2.05, 4.69) is 24.1 Å². The molecule has 1 aromatic carbocycles. The van der Waals surface area contributed by atoms with Crippen molar-refractivity contribution in [2.24, 2.45) is 7.05 Å². The molecule has 2 aromatic rings. The van der Waals surface area contributed by atoms with Gasteiger partial charge in [0.1, 0.15) is 5.82 Å². The van der Waals surface area contributed by atoms with Crippen LogP contribution in [0.1, 0.15) is 19.4 Å². The van der Waals surface area contributed by atoms with Crippen LogP contribution in [0.3, 0.4) is 0 Å². The van der Waals surface area contributed by atoms with E-state index in [9.17, 15) is 4.39 Å². The summed E-state index contributed by atoms with van der Waals surface area (Å²) in [5, 5.41) is 4.06. The first-order chi connectivity index (χ1) is 9.06. The summed E-state index contributed by atoms with van der Waals surface area (Å²) < 4.78 is 15.9. The Kier molecular flexibility index (Phi) is 4.61. The molecule has 0 aliphatic carbocycles. The number of hydrogen-bond donors (Lipinski definition) is 1. The fourth-order valence-corrected chi connectivity index (χ4v) is 2.42. The van der Waals surface area contributed by atoms with Gasteiger partial charge in [-0.3, -0.25) is 0 Å². The molecule has 1 aromatic heterocycles. The maximum Gasteiger partial charge on any atom is 0.172 e. The molecule has 3 nitrogen and oxygen atoms in total. The van der Waals surface area contributed by atoms with Crippen molar-refractivity contribution in [1.82, 2.24) is 14.9 Å². The smallest absolute Gasteiger partial charge is 0.172 e. The highest BCUT2D eigenvalue weighted by molar-refractivity contribution is 7.99. The third-order valence-electron chi connectivity index (χ3n) is 2.69. The van der Waals surface area contributed by atoms with Gasteiger partial charge < -0.3 is 9.88 Å². The molecule has 0 bridgehead atoms. The molecule has 0 unspecified atom stereocenters. The van der Waals surface area contributed by atoms with Gasteiger partial charge >= 0.3 is 0 Å². The van der Waals surface area contributed by atoms with Crippen molar-refractivity contribution in [2.45, 2.75) is 36.5 Å². The molecule has 0 amide bonds. The highest BCUT2D eigenvalue weighted by atomic mass is 32.2. The maximum atomic E-state index is 14.0. The summed E-state index contributed by atoms with van der Waals surface area (Å²) in [7, 11) is 1.90. The lowest BCUT2D eigenvalue weighted by atomic mass is 10.2. The standard InChI is InChI=1S/C14H18FN3S/c1-10(2)17-9-11-4-5-13(12(15)8-11)19-14-16-6-7-18(14)3/h4-8,10,17H,9H2,1-3H3. The van der Waals surface area contributed by atoms with Crippen LogP contribution in [0.5, 0.6) is 0 Å². The van der Waals surface area contributed by atoms with Crippen LogP contribution in [-0.2, 0) is 13.6 Å². The zero-order chi connectivity index (χ0) is 13.8. The zero-order valence-corrected chi connectivity index (χ0v) is 12.2. The van der Waals surface area contributed by atoms with Crippen LogP contribution >= 0.6 is 11.8 Å². The van der Waals surface area contributed by atoms with Gasteiger partial charge in [-0.25, -0.2) is 9.37 Å². The van der Waals surface area contributed by atoms with Gasteiger partial charge in [0.2, 0.25) is 0 Å². The van der Waals surface area contributed by atoms with Crippen LogP contribution in [0.4, 0.5) is 4.39 Å². The van der Waals surface area contributed by atoms with Crippen LogP contribution in [0.2, 0.25) is 0 Å². The quantitative estimate of drug-likeness (QED) is 0.911. The lowest BCUT2D eigenvalue weighted by Gasteiger charge is -2.09. The van der Waals surface area contributed by atoms with Crippen molar-refractivity contribution in [3.8, 4) is 0 Å². The van der Waals surface area contributed by atoms with E-state index in [-0.39, 0.29) is 5.82 Å². The van der Waals surface area contributed by atoms with E-state index in [0.29, 0.717) is 17.5 Å². The Balaban J connectivity index is 2.09. The third kappa shape index (κ3) is 3.81. The molecule has 0 saturated heterocycles. The normalized spacial score (nSPS) is 11.2. The lowest BCUT2D eigenvalue weighted by molar-refractivity contribution is 0.574. The van der Waals surface area contributed by atoms with E-state index in [4.69, 9.17) is 0 Å². The first kappa shape index (κ1) is 14.1. The van der Waals surface area contributed by atoms with Gasteiger partial charge in [0.25, 0.3) is 0 Å². The summed E-state index contributed by atoms with van der Waals surface area (Å²) >= 11 is 1.34. The molecule has 0 fully saturated rings. The van der Waals surface area contributed by atoms with Crippen LogP contribution in [0.15, 0.2) is 40.6 Å². The van der Waals surface area contributed by atoms with Crippen molar-refractivity contribution >= 4 is 11.8 Å². The van der Waals surface area contributed by atoms with E-state index in [1.165, 1.54) is 11.8 Å². The Morgan fingerprint density at radius 3 is 2.79 bits per heavy atom. The number of nitrogens with one attached hydrogen (secondary N) is 1. The van der Waals surface area contributed by atoms with E-state index in [1.54, 1.807) is 12.3 Å². The predicted octanol–water partition coefficient (Wildman–Crippen LogP) is 3.21. The van der Waals surface area contributed by atoms with Crippen LogP contribution < -0.4 is 5.32 Å². The summed E-state index contributed by atoms with van der Waals surface area (Å²) in [6.07, 6.45) is 3.56. The van der Waals surface area contributed by atoms with Gasteiger partial charge in [-0.15, -0.1) is 0 Å². The lowest BCUT2D eigenvalue weighted by Crippen LogP contribution is -2.21. The predicted molar refractivity (Wildman–Crippen MR) is 75.7 cm³/mol. The highest BCUT2D eigenvalue weighted by Crippen LogP contribution is 2.28. The molecule has 0 radical (unpaired) electrons. The van der Waals surface area contributed by atoms with Gasteiger partial charge in [0, 0.05) is 32.0 Å². The van der Waals surface area contributed by atoms with Crippen molar-refractivity contribution in [2.75, 3.05) is 0 Å². The Bertz CT molecular complexity index is 551. The third-order valence-corrected chi connectivity index (χ3v) is 3.82. The van der Waals surface area contributed by atoms with Crippen molar-refractivity contribution in [1.29, 1.82) is 0 Å². The number of aryl methyl sites for hydroxylation is 1. The number of aromatic nitrogens is 2. The minimum atomic E-state index is -0.198. The highest BCUT2D eigenvalue weighted by Gasteiger charge is 2.08. The molecule has 102 valence electrons. The second kappa shape index (κ2) is 6.21. The van der Waals surface area contributed by atoms with Crippen LogP contribution in [0.25, 0.3) is 0 Å². The Morgan fingerprint density at radius 1 is 1.42 bits per heavy atom. The number of hydrogen-bond acceptors (Lipinski definition) is 3. The summed E-state index contributed by atoms with van der Waals surface area (Å²) in [6.45, 7) is 4.82. The molecule has 0 atom stereocenters. The van der Waals surface area contributed by atoms with E-state index < -0.39 is 0 Å². The molecule has 2 rings (SSSR count). The Labute approximate surface area is 117 Å². The second-order valence-corrected chi connectivity index (χ2v) is 5.73. The molecule has 19 heavy (non-hydrogen) atoms. The molecule has 5 heteroatoms. The number of rotatable bonds is 5. The van der Waals surface area contributed by atoms with Gasteiger partial charge in [-0.05, 0) is 29.5 Å². The van der Waals surface area contributed by atoms with Crippen LogP contribution in [0, 0.1) is 5.82 Å². The molecule has 1 heterocycles. The largest absolute Gasteiger partial charge is 0.329 e. The van der Waals surface area contributed by atoms with Crippen molar-refractivity contribution in [3.05, 3.63) is 42.0 Å². The van der Waals surface area contributed by atoms with Gasteiger partial charge in [-0.1, -0.05) is 19.9 Å².